The van der Waals surface area contributed by atoms with E-state index in [0.717, 1.165) is 11.8 Å². The lowest BCUT2D eigenvalue weighted by Crippen LogP contribution is -2.17. The molecule has 0 aromatic carbocycles. The number of hydrogen-bond acceptors (Lipinski definition) is 6. The highest BCUT2D eigenvalue weighted by Gasteiger charge is 2.12. The summed E-state index contributed by atoms with van der Waals surface area (Å²) in [5, 5.41) is 0.391. The van der Waals surface area contributed by atoms with Crippen LogP contribution in [0.5, 0.6) is 0 Å². The smallest absolute Gasteiger partial charge is 0.313 e. The normalized spacial score (nSPS) is 10.3. The van der Waals surface area contributed by atoms with Gasteiger partial charge in [-0.25, -0.2) is 4.98 Å². The minimum absolute atomic E-state index is 0.0761. The molecule has 110 valence electrons. The fourth-order valence-electron chi connectivity index (χ4n) is 1.64. The Morgan fingerprint density at radius 3 is 2.60 bits per heavy atom. The molecule has 0 spiro atoms. The molecule has 0 bridgehead atoms. The van der Waals surface area contributed by atoms with Crippen molar-refractivity contribution in [1.82, 2.24) is 9.97 Å². The van der Waals surface area contributed by atoms with E-state index >= 15 is 0 Å². The van der Waals surface area contributed by atoms with Crippen molar-refractivity contribution in [1.29, 1.82) is 0 Å². The van der Waals surface area contributed by atoms with Crippen molar-refractivity contribution in [2.45, 2.75) is 38.8 Å². The van der Waals surface area contributed by atoms with Gasteiger partial charge < -0.3 is 9.72 Å². The Hall–Kier alpha value is -1.63. The second-order valence-corrected chi connectivity index (χ2v) is 5.06. The maximum absolute atomic E-state index is 11.7. The Morgan fingerprint density at radius 2 is 2.05 bits per heavy atom. The molecule has 0 aliphatic carbocycles. The van der Waals surface area contributed by atoms with E-state index in [2.05, 4.69) is 9.97 Å². The SMILES string of the molecule is CCOC(=O)CC(=O)CSc1nc(C)c(CC)c(=O)[nH]1. The summed E-state index contributed by atoms with van der Waals surface area (Å²) in [4.78, 5) is 41.3. The molecule has 7 heteroatoms. The summed E-state index contributed by atoms with van der Waals surface area (Å²) in [6.07, 6.45) is 0.359. The van der Waals surface area contributed by atoms with Crippen LogP contribution >= 0.6 is 11.8 Å². The van der Waals surface area contributed by atoms with E-state index in [1.807, 2.05) is 6.92 Å². The van der Waals surface area contributed by atoms with Crippen molar-refractivity contribution in [2.75, 3.05) is 12.4 Å². The molecule has 1 aromatic heterocycles. The van der Waals surface area contributed by atoms with Gasteiger partial charge in [0.25, 0.3) is 5.56 Å². The molecule has 1 heterocycles. The van der Waals surface area contributed by atoms with Crippen molar-refractivity contribution in [3.05, 3.63) is 21.6 Å². The van der Waals surface area contributed by atoms with Gasteiger partial charge in [-0.2, -0.15) is 0 Å². The van der Waals surface area contributed by atoms with E-state index in [9.17, 15) is 14.4 Å². The minimum Gasteiger partial charge on any atom is -0.466 e. The van der Waals surface area contributed by atoms with Gasteiger partial charge in [-0.05, 0) is 20.3 Å². The zero-order valence-electron chi connectivity index (χ0n) is 11.8. The quantitative estimate of drug-likeness (QED) is 0.353. The van der Waals surface area contributed by atoms with Crippen molar-refractivity contribution < 1.29 is 14.3 Å². The van der Waals surface area contributed by atoms with Crippen molar-refractivity contribution in [3.63, 3.8) is 0 Å². The van der Waals surface area contributed by atoms with Crippen molar-refractivity contribution >= 4 is 23.5 Å². The van der Waals surface area contributed by atoms with Crippen LogP contribution < -0.4 is 5.56 Å². The highest BCUT2D eigenvalue weighted by Crippen LogP contribution is 2.13. The van der Waals surface area contributed by atoms with Crippen LogP contribution in [0.3, 0.4) is 0 Å². The molecular weight excluding hydrogens is 280 g/mol. The van der Waals surface area contributed by atoms with Gasteiger partial charge in [-0.3, -0.25) is 14.4 Å². The molecule has 0 amide bonds. The van der Waals surface area contributed by atoms with Gasteiger partial charge in [-0.1, -0.05) is 18.7 Å². The average Bonchev–Trinajstić information content (AvgIpc) is 2.36. The topological polar surface area (TPSA) is 89.1 Å². The minimum atomic E-state index is -0.530. The first kappa shape index (κ1) is 16.4. The van der Waals surface area contributed by atoms with Gasteiger partial charge >= 0.3 is 5.97 Å². The second kappa shape index (κ2) is 7.84. The second-order valence-electron chi connectivity index (χ2n) is 4.10. The number of esters is 1. The summed E-state index contributed by atoms with van der Waals surface area (Å²) in [5.41, 5.74) is 1.13. The summed E-state index contributed by atoms with van der Waals surface area (Å²) in [6.45, 7) is 5.59. The Bertz CT molecular complexity index is 554. The molecule has 0 atom stereocenters. The number of thioether (sulfide) groups is 1. The highest BCUT2D eigenvalue weighted by atomic mass is 32.2. The Labute approximate surface area is 121 Å². The Balaban J connectivity index is 2.60. The lowest BCUT2D eigenvalue weighted by molar-refractivity contribution is -0.145. The molecule has 0 saturated heterocycles. The predicted molar refractivity (Wildman–Crippen MR) is 76.0 cm³/mol. The van der Waals surface area contributed by atoms with Crippen LogP contribution in [0.15, 0.2) is 9.95 Å². The van der Waals surface area contributed by atoms with Gasteiger partial charge in [0.2, 0.25) is 0 Å². The Kier molecular flexibility index (Phi) is 6.44. The maximum Gasteiger partial charge on any atom is 0.313 e. The number of ether oxygens (including phenoxy) is 1. The van der Waals surface area contributed by atoms with E-state index in [-0.39, 0.29) is 30.1 Å². The summed E-state index contributed by atoms with van der Waals surface area (Å²) < 4.78 is 4.69. The summed E-state index contributed by atoms with van der Waals surface area (Å²) >= 11 is 1.11. The number of nitrogens with one attached hydrogen (secondary N) is 1. The fraction of sp³-hybridized carbons (Fsp3) is 0.538. The number of nitrogens with zero attached hydrogens (tertiary/aromatic N) is 1. The van der Waals surface area contributed by atoms with E-state index < -0.39 is 5.97 Å². The monoisotopic (exact) mass is 298 g/mol. The molecule has 20 heavy (non-hydrogen) atoms. The first-order valence-corrected chi connectivity index (χ1v) is 7.36. The highest BCUT2D eigenvalue weighted by molar-refractivity contribution is 7.99. The van der Waals surface area contributed by atoms with Crippen LogP contribution in [-0.4, -0.2) is 34.1 Å². The van der Waals surface area contributed by atoms with E-state index in [0.29, 0.717) is 22.8 Å². The standard InChI is InChI=1S/C13H18N2O4S/c1-4-10-8(3)14-13(15-12(10)18)20-7-9(16)6-11(17)19-5-2/h4-7H2,1-3H3,(H,14,15,18). The average molecular weight is 298 g/mol. The van der Waals surface area contributed by atoms with Crippen LogP contribution in [0, 0.1) is 6.92 Å². The van der Waals surface area contributed by atoms with Gasteiger partial charge in [0, 0.05) is 11.3 Å². The first-order valence-electron chi connectivity index (χ1n) is 6.37. The van der Waals surface area contributed by atoms with Gasteiger partial charge in [0.15, 0.2) is 10.9 Å². The van der Waals surface area contributed by atoms with Crippen molar-refractivity contribution in [3.8, 4) is 0 Å². The number of ketones is 1. The predicted octanol–water partition coefficient (Wildman–Crippen LogP) is 1.26. The molecule has 1 aromatic rings. The molecule has 1 rings (SSSR count). The largest absolute Gasteiger partial charge is 0.466 e. The molecule has 6 nitrogen and oxygen atoms in total. The summed E-state index contributed by atoms with van der Waals surface area (Å²) in [5.74, 6) is -0.711. The van der Waals surface area contributed by atoms with Crippen LogP contribution in [0.25, 0.3) is 0 Å². The number of H-pyrrole nitrogens is 1. The third-order valence-corrected chi connectivity index (χ3v) is 3.50. The van der Waals surface area contributed by atoms with Gasteiger partial charge in [0.1, 0.15) is 6.42 Å². The zero-order valence-corrected chi connectivity index (χ0v) is 12.6. The fourth-order valence-corrected chi connectivity index (χ4v) is 2.41. The number of Topliss-reactive ketones (excluding diaryl/α,β-unsaturated/α-hetero) is 1. The zero-order chi connectivity index (χ0) is 15.1. The van der Waals surface area contributed by atoms with Crippen LogP contribution in [-0.2, 0) is 20.7 Å². The Morgan fingerprint density at radius 1 is 1.35 bits per heavy atom. The molecule has 0 aliphatic heterocycles. The number of hydrogen-bond donors (Lipinski definition) is 1. The van der Waals surface area contributed by atoms with E-state index in [1.165, 1.54) is 0 Å². The third-order valence-electron chi connectivity index (χ3n) is 2.57. The van der Waals surface area contributed by atoms with Crippen LogP contribution in [0.4, 0.5) is 0 Å². The van der Waals surface area contributed by atoms with Crippen LogP contribution in [0.1, 0.15) is 31.5 Å². The van der Waals surface area contributed by atoms with E-state index in [1.54, 1.807) is 13.8 Å². The lowest BCUT2D eigenvalue weighted by atomic mass is 10.2. The number of aromatic nitrogens is 2. The molecule has 1 N–H and O–H groups in total. The first-order chi connectivity index (χ1) is 9.47. The number of carbonyl (C=O) groups excluding carboxylic acids is 2. The van der Waals surface area contributed by atoms with Crippen LogP contribution in [0.2, 0.25) is 0 Å². The van der Waals surface area contributed by atoms with Gasteiger partial charge in [0.05, 0.1) is 12.4 Å². The lowest BCUT2D eigenvalue weighted by Gasteiger charge is -2.05. The maximum atomic E-state index is 11.7. The number of carbonyl (C=O) groups is 2. The van der Waals surface area contributed by atoms with Crippen molar-refractivity contribution in [2.24, 2.45) is 0 Å². The van der Waals surface area contributed by atoms with E-state index in [4.69, 9.17) is 4.74 Å². The molecule has 0 aliphatic rings. The number of aryl methyl sites for hydroxylation is 1. The van der Waals surface area contributed by atoms with Gasteiger partial charge in [-0.15, -0.1) is 0 Å². The molecule has 0 unspecified atom stereocenters. The molecule has 0 radical (unpaired) electrons. The molecular formula is C13H18N2O4S. The summed E-state index contributed by atoms with van der Waals surface area (Å²) in [7, 11) is 0. The number of aromatic amines is 1. The summed E-state index contributed by atoms with van der Waals surface area (Å²) in [6, 6.07) is 0. The number of rotatable bonds is 7. The third kappa shape index (κ3) is 4.80. The molecule has 0 saturated carbocycles. The molecule has 0 fully saturated rings.